The molecule has 0 spiro atoms. The number of likely N-dealkylation sites (tertiary alicyclic amines) is 1. The number of hydrogen-bond donors (Lipinski definition) is 4. The van der Waals surface area contributed by atoms with E-state index in [0.29, 0.717) is 19.1 Å². The molecule has 2 amide bonds. The van der Waals surface area contributed by atoms with Gasteiger partial charge in [-0.2, -0.15) is 0 Å². The number of amides is 2. The zero-order valence-corrected chi connectivity index (χ0v) is 20.6. The van der Waals surface area contributed by atoms with Gasteiger partial charge >= 0.3 is 6.03 Å². The van der Waals surface area contributed by atoms with Crippen LogP contribution in [0.1, 0.15) is 35.4 Å². The highest BCUT2D eigenvalue weighted by atomic mass is 16.3. The molecule has 0 saturated carbocycles. The first-order valence-electron chi connectivity index (χ1n) is 12.4. The van der Waals surface area contributed by atoms with Crippen LogP contribution in [0.2, 0.25) is 0 Å². The fourth-order valence-electron chi connectivity index (χ4n) is 4.50. The molecule has 36 heavy (non-hydrogen) atoms. The van der Waals surface area contributed by atoms with Crippen LogP contribution in [0.4, 0.5) is 10.5 Å². The quantitative estimate of drug-likeness (QED) is 0.354. The fraction of sp³-hybridized carbons (Fsp3) is 0.310. The standard InChI is InChI=1S/C28H34N4O.CH2O2/c29-18-15-22-11-13-25(14-12-22)31-26-16-19-32(20-17-26)28(33)30-21-27(23-7-3-1-4-8-23)24-9-5-2-6-10-24;2-1-3/h1-14,26-27,31H,15-21,29H2,(H,30,33);1H,(H,2,3). The second-order valence-corrected chi connectivity index (χ2v) is 8.81. The van der Waals surface area contributed by atoms with E-state index in [0.717, 1.165) is 38.0 Å². The second-order valence-electron chi connectivity index (χ2n) is 8.81. The van der Waals surface area contributed by atoms with E-state index in [1.807, 2.05) is 17.0 Å². The maximum atomic E-state index is 12.9. The number of carbonyl (C=O) groups excluding carboxylic acids is 1. The lowest BCUT2D eigenvalue weighted by atomic mass is 9.91. The van der Waals surface area contributed by atoms with E-state index in [4.69, 9.17) is 15.6 Å². The zero-order valence-electron chi connectivity index (χ0n) is 20.6. The number of nitrogens with two attached hydrogens (primary N) is 1. The number of carbonyl (C=O) groups is 2. The first kappa shape index (κ1) is 26.8. The highest BCUT2D eigenvalue weighted by Crippen LogP contribution is 2.24. The average Bonchev–Trinajstić information content (AvgIpc) is 2.92. The lowest BCUT2D eigenvalue weighted by Crippen LogP contribution is -2.47. The lowest BCUT2D eigenvalue weighted by molar-refractivity contribution is -0.122. The zero-order chi connectivity index (χ0) is 25.6. The number of hydrogen-bond acceptors (Lipinski definition) is 4. The Morgan fingerprint density at radius 2 is 1.47 bits per heavy atom. The van der Waals surface area contributed by atoms with E-state index in [-0.39, 0.29) is 18.4 Å². The van der Waals surface area contributed by atoms with Crippen molar-refractivity contribution < 1.29 is 14.7 Å². The summed E-state index contributed by atoms with van der Waals surface area (Å²) < 4.78 is 0. The first-order valence-corrected chi connectivity index (χ1v) is 12.4. The number of carboxylic acid groups (broad SMARTS) is 1. The van der Waals surface area contributed by atoms with Crippen LogP contribution in [0.3, 0.4) is 0 Å². The number of rotatable bonds is 8. The topological polar surface area (TPSA) is 108 Å². The van der Waals surface area contributed by atoms with Gasteiger partial charge in [-0.15, -0.1) is 0 Å². The Morgan fingerprint density at radius 3 is 1.97 bits per heavy atom. The van der Waals surface area contributed by atoms with Gasteiger partial charge in [0.15, 0.2) is 0 Å². The highest BCUT2D eigenvalue weighted by molar-refractivity contribution is 5.74. The molecule has 190 valence electrons. The molecule has 7 nitrogen and oxygen atoms in total. The molecule has 0 unspecified atom stereocenters. The van der Waals surface area contributed by atoms with Gasteiger partial charge in [0, 0.05) is 37.3 Å². The van der Waals surface area contributed by atoms with Gasteiger partial charge in [0.25, 0.3) is 6.47 Å². The van der Waals surface area contributed by atoms with Crippen molar-refractivity contribution in [1.82, 2.24) is 10.2 Å². The molecule has 1 aliphatic heterocycles. The second kappa shape index (κ2) is 14.5. The van der Waals surface area contributed by atoms with Crippen LogP contribution in [0, 0.1) is 0 Å². The van der Waals surface area contributed by atoms with Crippen LogP contribution in [0.15, 0.2) is 84.9 Å². The maximum Gasteiger partial charge on any atom is 0.317 e. The smallest absolute Gasteiger partial charge is 0.317 e. The van der Waals surface area contributed by atoms with Gasteiger partial charge < -0.3 is 26.4 Å². The van der Waals surface area contributed by atoms with E-state index in [1.165, 1.54) is 16.7 Å². The first-order chi connectivity index (χ1) is 17.6. The van der Waals surface area contributed by atoms with Gasteiger partial charge in [-0.25, -0.2) is 4.79 Å². The summed E-state index contributed by atoms with van der Waals surface area (Å²) in [5, 5.41) is 13.7. The molecule has 5 N–H and O–H groups in total. The van der Waals surface area contributed by atoms with Crippen LogP contribution < -0.4 is 16.4 Å². The summed E-state index contributed by atoms with van der Waals surface area (Å²) in [4.78, 5) is 23.2. The van der Waals surface area contributed by atoms with Crippen molar-refractivity contribution in [3.05, 3.63) is 102 Å². The van der Waals surface area contributed by atoms with Crippen molar-refractivity contribution in [2.75, 3.05) is 31.5 Å². The SMILES string of the molecule is NCCc1ccc(NC2CCN(C(=O)NCC(c3ccccc3)c3ccccc3)CC2)cc1.O=CO. The summed E-state index contributed by atoms with van der Waals surface area (Å²) in [7, 11) is 0. The third kappa shape index (κ3) is 8.13. The molecule has 3 aromatic carbocycles. The van der Waals surface area contributed by atoms with Crippen molar-refractivity contribution in [3.8, 4) is 0 Å². The van der Waals surface area contributed by atoms with Gasteiger partial charge in [-0.1, -0.05) is 72.8 Å². The summed E-state index contributed by atoms with van der Waals surface area (Å²) >= 11 is 0. The number of nitrogens with zero attached hydrogens (tertiary/aromatic N) is 1. The Hall–Kier alpha value is -3.84. The summed E-state index contributed by atoms with van der Waals surface area (Å²) in [6, 6.07) is 29.7. The maximum absolute atomic E-state index is 12.9. The molecule has 1 saturated heterocycles. The van der Waals surface area contributed by atoms with Gasteiger partial charge in [-0.3, -0.25) is 4.79 Å². The van der Waals surface area contributed by atoms with Gasteiger partial charge in [0.2, 0.25) is 0 Å². The highest BCUT2D eigenvalue weighted by Gasteiger charge is 2.24. The van der Waals surface area contributed by atoms with Gasteiger partial charge in [0.05, 0.1) is 0 Å². The van der Waals surface area contributed by atoms with Gasteiger partial charge in [-0.05, 0) is 54.6 Å². The number of piperidine rings is 1. The van der Waals surface area contributed by atoms with Crippen LogP contribution in [-0.4, -0.2) is 54.7 Å². The molecule has 0 aliphatic carbocycles. The van der Waals surface area contributed by atoms with Crippen molar-refractivity contribution in [2.45, 2.75) is 31.2 Å². The van der Waals surface area contributed by atoms with E-state index in [1.54, 1.807) is 0 Å². The minimum absolute atomic E-state index is 0.0245. The molecule has 7 heteroatoms. The Morgan fingerprint density at radius 1 is 0.944 bits per heavy atom. The normalized spacial score (nSPS) is 13.4. The average molecular weight is 489 g/mol. The van der Waals surface area contributed by atoms with E-state index in [9.17, 15) is 4.79 Å². The van der Waals surface area contributed by atoms with Crippen molar-refractivity contribution >= 4 is 18.2 Å². The molecule has 0 radical (unpaired) electrons. The predicted molar refractivity (Wildman–Crippen MR) is 144 cm³/mol. The minimum atomic E-state index is -0.250. The molecule has 3 aromatic rings. The van der Waals surface area contributed by atoms with E-state index < -0.39 is 0 Å². The molecule has 1 fully saturated rings. The Kier molecular flexibility index (Phi) is 10.8. The molecule has 1 heterocycles. The molecule has 1 aliphatic rings. The van der Waals surface area contributed by atoms with Crippen LogP contribution in [0.5, 0.6) is 0 Å². The van der Waals surface area contributed by atoms with E-state index >= 15 is 0 Å². The molecule has 0 aromatic heterocycles. The van der Waals surface area contributed by atoms with Gasteiger partial charge in [0.1, 0.15) is 0 Å². The predicted octanol–water partition coefficient (Wildman–Crippen LogP) is 4.31. The van der Waals surface area contributed by atoms with Crippen LogP contribution in [-0.2, 0) is 11.2 Å². The van der Waals surface area contributed by atoms with E-state index in [2.05, 4.69) is 83.4 Å². The molecule has 0 atom stereocenters. The Labute approximate surface area is 213 Å². The Balaban J connectivity index is 0.00000115. The number of urea groups is 1. The van der Waals surface area contributed by atoms with Crippen LogP contribution in [0.25, 0.3) is 0 Å². The largest absolute Gasteiger partial charge is 0.483 e. The van der Waals surface area contributed by atoms with Crippen LogP contribution >= 0.6 is 0 Å². The summed E-state index contributed by atoms with van der Waals surface area (Å²) in [5.74, 6) is 0.137. The number of anilines is 1. The molecule has 0 bridgehead atoms. The van der Waals surface area contributed by atoms with Crippen molar-refractivity contribution in [2.24, 2.45) is 5.73 Å². The molecular weight excluding hydrogens is 452 g/mol. The number of nitrogens with one attached hydrogen (secondary N) is 2. The summed E-state index contributed by atoms with van der Waals surface area (Å²) in [6.07, 6.45) is 2.79. The third-order valence-corrected chi connectivity index (χ3v) is 6.40. The lowest BCUT2D eigenvalue weighted by Gasteiger charge is -2.33. The monoisotopic (exact) mass is 488 g/mol. The third-order valence-electron chi connectivity index (χ3n) is 6.40. The van der Waals surface area contributed by atoms with Crippen molar-refractivity contribution in [3.63, 3.8) is 0 Å². The number of benzene rings is 3. The molecule has 4 rings (SSSR count). The minimum Gasteiger partial charge on any atom is -0.483 e. The summed E-state index contributed by atoms with van der Waals surface area (Å²) in [5.41, 5.74) is 10.4. The molecular formula is C29H36N4O3. The fourth-order valence-corrected chi connectivity index (χ4v) is 4.50. The summed E-state index contributed by atoms with van der Waals surface area (Å²) in [6.45, 7) is 2.52. The van der Waals surface area contributed by atoms with Crippen molar-refractivity contribution in [1.29, 1.82) is 0 Å². The Bertz CT molecular complexity index is 998.